The maximum atomic E-state index is 5.29. The molecule has 0 unspecified atom stereocenters. The molecule has 1 aromatic carbocycles. The van der Waals surface area contributed by atoms with E-state index in [0.29, 0.717) is 0 Å². The zero-order chi connectivity index (χ0) is 16.1. The predicted octanol–water partition coefficient (Wildman–Crippen LogP) is 3.17. The molecule has 0 N–H and O–H groups in total. The lowest BCUT2D eigenvalue weighted by Crippen LogP contribution is -2.45. The van der Waals surface area contributed by atoms with Crippen LogP contribution in [-0.4, -0.2) is 48.1 Å². The highest BCUT2D eigenvalue weighted by Crippen LogP contribution is 2.26. The van der Waals surface area contributed by atoms with Crippen molar-refractivity contribution in [3.8, 4) is 5.75 Å². The Morgan fingerprint density at radius 2 is 1.57 bits per heavy atom. The molecule has 1 aromatic heterocycles. The van der Waals surface area contributed by atoms with Crippen molar-refractivity contribution in [1.82, 2.24) is 14.8 Å². The van der Waals surface area contributed by atoms with Gasteiger partial charge in [-0.15, -0.1) is 0 Å². The fraction of sp³-hybridized carbons (Fsp3) is 0.389. The number of benzene rings is 1. The number of methoxy groups -OCH3 is 1. The lowest BCUT2D eigenvalue weighted by Gasteiger charge is -2.34. The van der Waals surface area contributed by atoms with Crippen LogP contribution in [0, 0.1) is 0 Å². The van der Waals surface area contributed by atoms with Gasteiger partial charge in [-0.25, -0.2) is 0 Å². The highest BCUT2D eigenvalue weighted by molar-refractivity contribution is 9.10. The fourth-order valence-corrected chi connectivity index (χ4v) is 3.51. The number of piperazine rings is 1. The molecule has 0 spiro atoms. The fourth-order valence-electron chi connectivity index (χ4n) is 2.92. The first-order chi connectivity index (χ1) is 11.2. The molecule has 4 nitrogen and oxygen atoms in total. The Labute approximate surface area is 146 Å². The first-order valence-corrected chi connectivity index (χ1v) is 8.70. The number of rotatable bonds is 5. The summed E-state index contributed by atoms with van der Waals surface area (Å²) in [4.78, 5) is 9.10. The minimum absolute atomic E-state index is 0.885. The van der Waals surface area contributed by atoms with Crippen molar-refractivity contribution in [2.45, 2.75) is 13.1 Å². The average molecular weight is 376 g/mol. The van der Waals surface area contributed by atoms with E-state index in [2.05, 4.69) is 55.0 Å². The monoisotopic (exact) mass is 375 g/mol. The molecule has 1 saturated heterocycles. The van der Waals surface area contributed by atoms with Gasteiger partial charge in [0.05, 0.1) is 11.6 Å². The van der Waals surface area contributed by atoms with Crippen molar-refractivity contribution < 1.29 is 4.74 Å². The van der Waals surface area contributed by atoms with Gasteiger partial charge < -0.3 is 4.74 Å². The van der Waals surface area contributed by atoms with E-state index >= 15 is 0 Å². The molecule has 122 valence electrons. The molecule has 2 heterocycles. The molecular weight excluding hydrogens is 354 g/mol. The third-order valence-corrected chi connectivity index (χ3v) is 4.86. The summed E-state index contributed by atoms with van der Waals surface area (Å²) in [5.41, 5.74) is 2.66. The summed E-state index contributed by atoms with van der Waals surface area (Å²) in [5.74, 6) is 0.885. The second-order valence-corrected chi connectivity index (χ2v) is 6.73. The Morgan fingerprint density at radius 1 is 0.957 bits per heavy atom. The van der Waals surface area contributed by atoms with Crippen molar-refractivity contribution in [2.24, 2.45) is 0 Å². The second-order valence-electron chi connectivity index (χ2n) is 5.88. The van der Waals surface area contributed by atoms with Gasteiger partial charge in [0.25, 0.3) is 0 Å². The molecule has 3 rings (SSSR count). The van der Waals surface area contributed by atoms with E-state index in [1.807, 2.05) is 18.5 Å². The lowest BCUT2D eigenvalue weighted by molar-refractivity contribution is 0.122. The topological polar surface area (TPSA) is 28.6 Å². The van der Waals surface area contributed by atoms with Crippen LogP contribution in [0.4, 0.5) is 0 Å². The van der Waals surface area contributed by atoms with Crippen LogP contribution in [0.1, 0.15) is 11.1 Å². The standard InChI is InChI=1S/C18H22BrN3O/c1-23-18-3-2-16(12-17(18)19)14-22-10-8-21(9-11-22)13-15-4-6-20-7-5-15/h2-7,12H,8-11,13-14H2,1H3. The number of pyridine rings is 1. The highest BCUT2D eigenvalue weighted by atomic mass is 79.9. The Bertz CT molecular complexity index is 627. The van der Waals surface area contributed by atoms with Gasteiger partial charge in [-0.3, -0.25) is 14.8 Å². The van der Waals surface area contributed by atoms with Crippen LogP contribution in [0.5, 0.6) is 5.75 Å². The van der Waals surface area contributed by atoms with Crippen molar-refractivity contribution >= 4 is 15.9 Å². The number of nitrogens with zero attached hydrogens (tertiary/aromatic N) is 3. The van der Waals surface area contributed by atoms with Crippen molar-refractivity contribution in [1.29, 1.82) is 0 Å². The Kier molecular flexibility index (Phi) is 5.65. The lowest BCUT2D eigenvalue weighted by atomic mass is 10.2. The molecule has 1 fully saturated rings. The molecule has 2 aromatic rings. The zero-order valence-corrected chi connectivity index (χ0v) is 15.0. The van der Waals surface area contributed by atoms with Crippen LogP contribution in [0.25, 0.3) is 0 Å². The Balaban J connectivity index is 1.50. The molecule has 1 aliphatic rings. The summed E-state index contributed by atoms with van der Waals surface area (Å²) in [5, 5.41) is 0. The molecule has 0 aliphatic carbocycles. The highest BCUT2D eigenvalue weighted by Gasteiger charge is 2.17. The van der Waals surface area contributed by atoms with Gasteiger partial charge in [0, 0.05) is 51.7 Å². The smallest absolute Gasteiger partial charge is 0.133 e. The minimum atomic E-state index is 0.885. The quantitative estimate of drug-likeness (QED) is 0.802. The largest absolute Gasteiger partial charge is 0.496 e. The zero-order valence-electron chi connectivity index (χ0n) is 13.4. The Morgan fingerprint density at radius 3 is 2.13 bits per heavy atom. The van der Waals surface area contributed by atoms with E-state index in [1.54, 1.807) is 7.11 Å². The predicted molar refractivity (Wildman–Crippen MR) is 95.5 cm³/mol. The van der Waals surface area contributed by atoms with E-state index in [4.69, 9.17) is 4.74 Å². The van der Waals surface area contributed by atoms with Gasteiger partial charge in [0.2, 0.25) is 0 Å². The summed E-state index contributed by atoms with van der Waals surface area (Å²) in [6.07, 6.45) is 3.74. The normalized spacial score (nSPS) is 16.4. The molecule has 1 aliphatic heterocycles. The average Bonchev–Trinajstić information content (AvgIpc) is 2.58. The van der Waals surface area contributed by atoms with Crippen LogP contribution in [-0.2, 0) is 13.1 Å². The van der Waals surface area contributed by atoms with Crippen molar-refractivity contribution in [3.05, 3.63) is 58.3 Å². The van der Waals surface area contributed by atoms with E-state index < -0.39 is 0 Å². The van der Waals surface area contributed by atoms with Gasteiger partial charge in [-0.05, 0) is 51.3 Å². The molecule has 0 bridgehead atoms. The van der Waals surface area contributed by atoms with Crippen molar-refractivity contribution in [2.75, 3.05) is 33.3 Å². The van der Waals surface area contributed by atoms with E-state index in [9.17, 15) is 0 Å². The molecular formula is C18H22BrN3O. The number of halogens is 1. The van der Waals surface area contributed by atoms with Crippen LogP contribution >= 0.6 is 15.9 Å². The molecule has 0 saturated carbocycles. The third-order valence-electron chi connectivity index (χ3n) is 4.24. The summed E-state index contributed by atoms with van der Waals surface area (Å²) in [6, 6.07) is 10.5. The first kappa shape index (κ1) is 16.4. The molecule has 0 radical (unpaired) electrons. The van der Waals surface area contributed by atoms with Crippen LogP contribution in [0.2, 0.25) is 0 Å². The molecule has 0 atom stereocenters. The maximum Gasteiger partial charge on any atom is 0.133 e. The molecule has 5 heteroatoms. The molecule has 0 amide bonds. The summed E-state index contributed by atoms with van der Waals surface area (Å²) >= 11 is 3.56. The number of hydrogen-bond donors (Lipinski definition) is 0. The number of hydrogen-bond acceptors (Lipinski definition) is 4. The number of aromatic nitrogens is 1. The maximum absolute atomic E-state index is 5.29. The van der Waals surface area contributed by atoms with Gasteiger partial charge in [0.1, 0.15) is 5.75 Å². The van der Waals surface area contributed by atoms with Gasteiger partial charge in [-0.1, -0.05) is 6.07 Å². The summed E-state index contributed by atoms with van der Waals surface area (Å²) in [7, 11) is 1.70. The van der Waals surface area contributed by atoms with E-state index in [0.717, 1.165) is 49.5 Å². The SMILES string of the molecule is COc1ccc(CN2CCN(Cc3ccncc3)CC2)cc1Br. The second kappa shape index (κ2) is 7.90. The minimum Gasteiger partial charge on any atom is -0.496 e. The third kappa shape index (κ3) is 4.53. The first-order valence-electron chi connectivity index (χ1n) is 7.90. The van der Waals surface area contributed by atoms with Crippen molar-refractivity contribution in [3.63, 3.8) is 0 Å². The van der Waals surface area contributed by atoms with Gasteiger partial charge in [0.15, 0.2) is 0 Å². The van der Waals surface area contributed by atoms with Gasteiger partial charge in [-0.2, -0.15) is 0 Å². The van der Waals surface area contributed by atoms with Gasteiger partial charge >= 0.3 is 0 Å². The summed E-state index contributed by atoms with van der Waals surface area (Å²) < 4.78 is 6.31. The van der Waals surface area contributed by atoms with Crippen LogP contribution in [0.3, 0.4) is 0 Å². The Hall–Kier alpha value is -1.43. The summed E-state index contributed by atoms with van der Waals surface area (Å²) in [6.45, 7) is 6.44. The van der Waals surface area contributed by atoms with E-state index in [-0.39, 0.29) is 0 Å². The van der Waals surface area contributed by atoms with Crippen LogP contribution in [0.15, 0.2) is 47.2 Å². The van der Waals surface area contributed by atoms with E-state index in [1.165, 1.54) is 11.1 Å². The van der Waals surface area contributed by atoms with Crippen LogP contribution < -0.4 is 4.74 Å². The molecule has 23 heavy (non-hydrogen) atoms. The number of ether oxygens (including phenoxy) is 1.